The van der Waals surface area contributed by atoms with Crippen molar-refractivity contribution >= 4 is 17.4 Å². The minimum Gasteiger partial charge on any atom is -0.349 e. The van der Waals surface area contributed by atoms with Crippen LogP contribution in [0, 0.1) is 6.92 Å². The van der Waals surface area contributed by atoms with Gasteiger partial charge in [0.05, 0.1) is 0 Å². The molecule has 1 heterocycles. The number of carbonyl (C=O) groups excluding carboxylic acids is 1. The zero-order valence-electron chi connectivity index (χ0n) is 16.6. The minimum atomic E-state index is -0.191. The van der Waals surface area contributed by atoms with Gasteiger partial charge in [0.2, 0.25) is 0 Å². The van der Waals surface area contributed by atoms with E-state index >= 15 is 0 Å². The highest BCUT2D eigenvalue weighted by Crippen LogP contribution is 2.24. The van der Waals surface area contributed by atoms with Crippen LogP contribution in [0.15, 0.2) is 30.3 Å². The van der Waals surface area contributed by atoms with Crippen LogP contribution >= 0.6 is 0 Å². The van der Waals surface area contributed by atoms with Gasteiger partial charge in [0, 0.05) is 24.8 Å². The summed E-state index contributed by atoms with van der Waals surface area (Å²) < 4.78 is 0. The average Bonchev–Trinajstić information content (AvgIpc) is 2.53. The average molecular weight is 355 g/mol. The number of hydrogen-bond acceptors (Lipinski definition) is 5. The molecule has 0 atom stereocenters. The van der Waals surface area contributed by atoms with Gasteiger partial charge in [0.25, 0.3) is 5.91 Å². The first-order valence-electron chi connectivity index (χ1n) is 8.81. The van der Waals surface area contributed by atoms with E-state index in [0.717, 1.165) is 12.2 Å². The first-order chi connectivity index (χ1) is 12.1. The second-order valence-electron chi connectivity index (χ2n) is 7.70. The molecule has 1 aromatic heterocycles. The van der Waals surface area contributed by atoms with Crippen molar-refractivity contribution in [2.24, 2.45) is 0 Å². The maximum atomic E-state index is 12.3. The topological polar surface area (TPSA) is 70.2 Å². The van der Waals surface area contributed by atoms with Gasteiger partial charge in [-0.05, 0) is 44.1 Å². The van der Waals surface area contributed by atoms with E-state index in [-0.39, 0.29) is 11.3 Å². The predicted octanol–water partition coefficient (Wildman–Crippen LogP) is 3.12. The number of amides is 1. The lowest BCUT2D eigenvalue weighted by Gasteiger charge is -2.19. The summed E-state index contributed by atoms with van der Waals surface area (Å²) in [6, 6.07) is 9.93. The normalized spacial score (nSPS) is 11.5. The van der Waals surface area contributed by atoms with Crippen LogP contribution in [0.4, 0.5) is 11.5 Å². The van der Waals surface area contributed by atoms with Crippen LogP contribution in [-0.2, 0) is 5.41 Å². The van der Waals surface area contributed by atoms with Crippen molar-refractivity contribution in [1.29, 1.82) is 0 Å². The number of anilines is 2. The van der Waals surface area contributed by atoms with Gasteiger partial charge in [0.15, 0.2) is 0 Å². The quantitative estimate of drug-likeness (QED) is 0.833. The van der Waals surface area contributed by atoms with Gasteiger partial charge in [-0.25, -0.2) is 9.97 Å². The van der Waals surface area contributed by atoms with Gasteiger partial charge in [0.1, 0.15) is 17.3 Å². The number of nitrogens with zero attached hydrogens (tertiary/aromatic N) is 3. The smallest absolute Gasteiger partial charge is 0.270 e. The second kappa shape index (κ2) is 8.27. The molecule has 2 rings (SSSR count). The van der Waals surface area contributed by atoms with Crippen LogP contribution in [0.25, 0.3) is 0 Å². The summed E-state index contributed by atoms with van der Waals surface area (Å²) in [6.07, 6.45) is 0. The molecule has 6 heteroatoms. The van der Waals surface area contributed by atoms with Gasteiger partial charge in [-0.1, -0.05) is 32.9 Å². The molecule has 0 bridgehead atoms. The molecule has 1 aromatic carbocycles. The predicted molar refractivity (Wildman–Crippen MR) is 106 cm³/mol. The number of rotatable bonds is 6. The van der Waals surface area contributed by atoms with Gasteiger partial charge >= 0.3 is 0 Å². The van der Waals surface area contributed by atoms with Gasteiger partial charge in [-0.3, -0.25) is 4.79 Å². The number of aryl methyl sites for hydroxylation is 1. The molecule has 0 saturated heterocycles. The summed E-state index contributed by atoms with van der Waals surface area (Å²) in [4.78, 5) is 22.9. The molecule has 6 nitrogen and oxygen atoms in total. The highest BCUT2D eigenvalue weighted by atomic mass is 16.1. The molecule has 140 valence electrons. The largest absolute Gasteiger partial charge is 0.349 e. The van der Waals surface area contributed by atoms with Gasteiger partial charge in [-0.2, -0.15) is 0 Å². The summed E-state index contributed by atoms with van der Waals surface area (Å²) >= 11 is 0. The first-order valence-corrected chi connectivity index (χ1v) is 8.81. The van der Waals surface area contributed by atoms with Crippen molar-refractivity contribution in [3.05, 3.63) is 47.4 Å². The molecule has 0 aliphatic heterocycles. The minimum absolute atomic E-state index is 0.113. The van der Waals surface area contributed by atoms with E-state index in [0.29, 0.717) is 23.9 Å². The van der Waals surface area contributed by atoms with E-state index in [9.17, 15) is 4.79 Å². The fraction of sp³-hybridized carbons (Fsp3) is 0.450. The number of nitrogens with one attached hydrogen (secondary N) is 2. The molecule has 2 aromatic rings. The highest BCUT2D eigenvalue weighted by molar-refractivity contribution is 5.93. The number of carbonyl (C=O) groups is 1. The third-order valence-corrected chi connectivity index (χ3v) is 3.94. The Morgan fingerprint density at radius 2 is 1.77 bits per heavy atom. The lowest BCUT2D eigenvalue weighted by atomic mass is 9.87. The summed E-state index contributed by atoms with van der Waals surface area (Å²) in [5, 5.41) is 6.13. The van der Waals surface area contributed by atoms with Gasteiger partial charge < -0.3 is 15.5 Å². The van der Waals surface area contributed by atoms with E-state index in [1.807, 2.05) is 31.1 Å². The fourth-order valence-electron chi connectivity index (χ4n) is 2.43. The molecule has 0 aliphatic rings. The van der Waals surface area contributed by atoms with Gasteiger partial charge in [-0.15, -0.1) is 0 Å². The Morgan fingerprint density at radius 3 is 2.35 bits per heavy atom. The fourth-order valence-corrected chi connectivity index (χ4v) is 2.43. The molecular formula is C20H29N5O. The number of likely N-dealkylation sites (N-methyl/N-ethyl adjacent to an activating group) is 1. The third-order valence-electron chi connectivity index (χ3n) is 3.94. The van der Waals surface area contributed by atoms with Crippen molar-refractivity contribution in [3.63, 3.8) is 0 Å². The van der Waals surface area contributed by atoms with Crippen molar-refractivity contribution in [2.45, 2.75) is 33.1 Å². The Balaban J connectivity index is 2.10. The molecule has 0 radical (unpaired) electrons. The van der Waals surface area contributed by atoms with Crippen LogP contribution in [0.3, 0.4) is 0 Å². The first kappa shape index (κ1) is 19.8. The molecule has 0 unspecified atom stereocenters. The number of aromatic nitrogens is 2. The van der Waals surface area contributed by atoms with Crippen molar-refractivity contribution in [1.82, 2.24) is 20.2 Å². The Kier molecular flexibility index (Phi) is 6.32. The standard InChI is InChI=1S/C20H29N5O/c1-14-22-17(19(26)21-11-12-25(5)6)13-18(23-14)24-16-9-7-15(8-10-16)20(2,3)4/h7-10,13H,11-12H2,1-6H3,(H,21,26)(H,22,23,24). The zero-order chi connectivity index (χ0) is 19.3. The van der Waals surface area contributed by atoms with E-state index in [4.69, 9.17) is 0 Å². The maximum absolute atomic E-state index is 12.3. The summed E-state index contributed by atoms with van der Waals surface area (Å²) in [6.45, 7) is 9.69. The van der Waals surface area contributed by atoms with Crippen molar-refractivity contribution in [2.75, 3.05) is 32.5 Å². The lowest BCUT2D eigenvalue weighted by molar-refractivity contribution is 0.0945. The van der Waals surface area contributed by atoms with Crippen LogP contribution in [0.5, 0.6) is 0 Å². The lowest BCUT2D eigenvalue weighted by Crippen LogP contribution is -2.32. The third kappa shape index (κ3) is 5.81. The number of hydrogen-bond donors (Lipinski definition) is 2. The Hall–Kier alpha value is -2.47. The van der Waals surface area contributed by atoms with Crippen LogP contribution < -0.4 is 10.6 Å². The molecule has 0 fully saturated rings. The molecule has 0 saturated carbocycles. The Labute approximate surface area is 156 Å². The molecule has 26 heavy (non-hydrogen) atoms. The molecule has 0 spiro atoms. The molecule has 1 amide bonds. The summed E-state index contributed by atoms with van der Waals surface area (Å²) in [5.41, 5.74) is 2.67. The highest BCUT2D eigenvalue weighted by Gasteiger charge is 2.13. The second-order valence-corrected chi connectivity index (χ2v) is 7.70. The van der Waals surface area contributed by atoms with Crippen LogP contribution in [-0.4, -0.2) is 48.0 Å². The van der Waals surface area contributed by atoms with Crippen LogP contribution in [0.1, 0.15) is 42.6 Å². The zero-order valence-corrected chi connectivity index (χ0v) is 16.6. The molecule has 2 N–H and O–H groups in total. The van der Waals surface area contributed by atoms with Crippen molar-refractivity contribution in [3.8, 4) is 0 Å². The monoisotopic (exact) mass is 355 g/mol. The maximum Gasteiger partial charge on any atom is 0.270 e. The van der Waals surface area contributed by atoms with Crippen molar-refractivity contribution < 1.29 is 4.79 Å². The SMILES string of the molecule is Cc1nc(Nc2ccc(C(C)(C)C)cc2)cc(C(=O)NCCN(C)C)n1. The van der Waals surface area contributed by atoms with E-state index in [1.165, 1.54) is 5.56 Å². The summed E-state index contributed by atoms with van der Waals surface area (Å²) in [5.74, 6) is 0.973. The molecular weight excluding hydrogens is 326 g/mol. The van der Waals surface area contributed by atoms with Crippen LogP contribution in [0.2, 0.25) is 0 Å². The Bertz CT molecular complexity index is 748. The van der Waals surface area contributed by atoms with E-state index in [1.54, 1.807) is 13.0 Å². The van der Waals surface area contributed by atoms with E-state index in [2.05, 4.69) is 53.5 Å². The Morgan fingerprint density at radius 1 is 1.12 bits per heavy atom. The van der Waals surface area contributed by atoms with E-state index < -0.39 is 0 Å². The summed E-state index contributed by atoms with van der Waals surface area (Å²) in [7, 11) is 3.93. The number of benzene rings is 1. The molecule has 0 aliphatic carbocycles.